The molecule has 4 aromatic rings. The van der Waals surface area contributed by atoms with Gasteiger partial charge in [-0.05, 0) is 31.9 Å². The third-order valence-electron chi connectivity index (χ3n) is 5.34. The van der Waals surface area contributed by atoms with Gasteiger partial charge in [0.05, 0.1) is 16.9 Å². The molecule has 0 radical (unpaired) electrons. The van der Waals surface area contributed by atoms with Crippen molar-refractivity contribution < 1.29 is 9.18 Å². The first-order valence-corrected chi connectivity index (χ1v) is 9.67. The number of halogens is 1. The van der Waals surface area contributed by atoms with Gasteiger partial charge < -0.3 is 14.6 Å². The lowest BCUT2D eigenvalue weighted by Crippen LogP contribution is -2.19. The summed E-state index contributed by atoms with van der Waals surface area (Å²) >= 11 is 0. The summed E-state index contributed by atoms with van der Waals surface area (Å²) in [5.74, 6) is -0.805. The van der Waals surface area contributed by atoms with Crippen molar-refractivity contribution >= 4 is 33.8 Å². The Labute approximate surface area is 166 Å². The van der Waals surface area contributed by atoms with Crippen LogP contribution in [0, 0.1) is 12.7 Å². The first kappa shape index (κ1) is 17.7. The normalized spacial score (nSPS) is 14.2. The molecule has 1 saturated heterocycles. The number of amides is 1. The van der Waals surface area contributed by atoms with Gasteiger partial charge >= 0.3 is 0 Å². The quantitative estimate of drug-likeness (QED) is 0.579. The fraction of sp³-hybridized carbons (Fsp3) is 0.286. The van der Waals surface area contributed by atoms with Gasteiger partial charge in [-0.25, -0.2) is 9.37 Å². The van der Waals surface area contributed by atoms with Crippen LogP contribution in [0.2, 0.25) is 0 Å². The van der Waals surface area contributed by atoms with Gasteiger partial charge in [0.25, 0.3) is 5.91 Å². The van der Waals surface area contributed by atoms with Gasteiger partial charge in [-0.1, -0.05) is 0 Å². The second-order valence-electron chi connectivity index (χ2n) is 7.54. The molecule has 0 bridgehead atoms. The summed E-state index contributed by atoms with van der Waals surface area (Å²) in [5, 5.41) is 8.27. The highest BCUT2D eigenvalue weighted by atomic mass is 19.1. The Kier molecular flexibility index (Phi) is 4.01. The first-order valence-electron chi connectivity index (χ1n) is 9.67. The largest absolute Gasteiger partial charge is 0.371 e. The maximum absolute atomic E-state index is 14.3. The monoisotopic (exact) mass is 392 g/mol. The molecule has 1 fully saturated rings. The predicted molar refractivity (Wildman–Crippen MR) is 110 cm³/mol. The van der Waals surface area contributed by atoms with Crippen LogP contribution in [0.25, 0.3) is 16.6 Å². The maximum Gasteiger partial charge on any atom is 0.257 e. The van der Waals surface area contributed by atoms with Crippen molar-refractivity contribution in [3.05, 3.63) is 53.9 Å². The number of nitrogens with one attached hydrogen (secondary N) is 1. The van der Waals surface area contributed by atoms with Crippen molar-refractivity contribution in [1.82, 2.24) is 19.2 Å². The van der Waals surface area contributed by atoms with Gasteiger partial charge in [0, 0.05) is 55.9 Å². The molecule has 3 aromatic heterocycles. The van der Waals surface area contributed by atoms with E-state index in [0.717, 1.165) is 24.2 Å². The number of rotatable bonds is 3. The van der Waals surface area contributed by atoms with Crippen LogP contribution < -0.4 is 10.2 Å². The van der Waals surface area contributed by atoms with Gasteiger partial charge in [0.2, 0.25) is 0 Å². The number of aryl methyl sites for hydroxylation is 2. The van der Waals surface area contributed by atoms with Crippen LogP contribution in [-0.2, 0) is 7.05 Å². The summed E-state index contributed by atoms with van der Waals surface area (Å²) in [6, 6.07) is 5.07. The third-order valence-corrected chi connectivity index (χ3v) is 5.34. The topological polar surface area (TPSA) is 67.5 Å². The van der Waals surface area contributed by atoms with E-state index in [4.69, 9.17) is 0 Å². The Hall–Kier alpha value is -3.42. The lowest BCUT2D eigenvalue weighted by molar-refractivity contribution is 0.102. The number of anilines is 2. The lowest BCUT2D eigenvalue weighted by Gasteiger charge is -2.19. The summed E-state index contributed by atoms with van der Waals surface area (Å²) in [7, 11) is 1.85. The van der Waals surface area contributed by atoms with E-state index in [9.17, 15) is 9.18 Å². The fourth-order valence-corrected chi connectivity index (χ4v) is 4.07. The smallest absolute Gasteiger partial charge is 0.257 e. The number of aromatic nitrogens is 4. The van der Waals surface area contributed by atoms with E-state index in [0.29, 0.717) is 22.5 Å². The average Bonchev–Trinajstić information content (AvgIpc) is 3.39. The van der Waals surface area contributed by atoms with Crippen molar-refractivity contribution in [1.29, 1.82) is 0 Å². The first-order chi connectivity index (χ1) is 14.0. The molecule has 0 saturated carbocycles. The summed E-state index contributed by atoms with van der Waals surface area (Å²) in [5.41, 5.74) is 3.52. The molecule has 1 aliphatic rings. The SMILES string of the molecule is Cc1cn2cc(NC(=O)c3ccc(N4CCCC4)c4cn(C)nc34)cc(F)c2n1. The van der Waals surface area contributed by atoms with Crippen molar-refractivity contribution in [2.24, 2.45) is 7.05 Å². The molecule has 8 heteroatoms. The van der Waals surface area contributed by atoms with E-state index in [-0.39, 0.29) is 11.6 Å². The number of nitrogens with zero attached hydrogens (tertiary/aromatic N) is 5. The summed E-state index contributed by atoms with van der Waals surface area (Å²) < 4.78 is 17.6. The van der Waals surface area contributed by atoms with Crippen LogP contribution in [0.3, 0.4) is 0 Å². The van der Waals surface area contributed by atoms with Gasteiger partial charge in [-0.2, -0.15) is 5.10 Å². The number of imidazole rings is 1. The molecule has 0 aliphatic carbocycles. The molecule has 1 amide bonds. The minimum absolute atomic E-state index is 0.239. The zero-order chi connectivity index (χ0) is 20.1. The van der Waals surface area contributed by atoms with E-state index < -0.39 is 5.82 Å². The Morgan fingerprint density at radius 1 is 1.17 bits per heavy atom. The van der Waals surface area contributed by atoms with E-state index in [1.807, 2.05) is 19.3 Å². The van der Waals surface area contributed by atoms with Crippen molar-refractivity contribution in [2.75, 3.05) is 23.3 Å². The molecule has 148 valence electrons. The fourth-order valence-electron chi connectivity index (χ4n) is 4.07. The second kappa shape index (κ2) is 6.58. The van der Waals surface area contributed by atoms with E-state index in [2.05, 4.69) is 20.3 Å². The Morgan fingerprint density at radius 2 is 1.97 bits per heavy atom. The molecule has 1 aromatic carbocycles. The third kappa shape index (κ3) is 3.00. The number of hydrogen-bond acceptors (Lipinski definition) is 4. The molecule has 29 heavy (non-hydrogen) atoms. The number of fused-ring (bicyclic) bond motifs is 2. The predicted octanol–water partition coefficient (Wildman–Crippen LogP) is 3.52. The molecular formula is C21H21FN6O. The highest BCUT2D eigenvalue weighted by Crippen LogP contribution is 2.31. The second-order valence-corrected chi connectivity index (χ2v) is 7.54. The van der Waals surface area contributed by atoms with Crippen LogP contribution in [0.15, 0.2) is 36.8 Å². The molecule has 0 spiro atoms. The Balaban J connectivity index is 1.52. The number of benzene rings is 1. The van der Waals surface area contributed by atoms with Gasteiger partial charge in [0.1, 0.15) is 5.52 Å². The molecule has 4 heterocycles. The Morgan fingerprint density at radius 3 is 2.76 bits per heavy atom. The van der Waals surface area contributed by atoms with Crippen molar-refractivity contribution in [2.45, 2.75) is 19.8 Å². The van der Waals surface area contributed by atoms with Crippen LogP contribution in [0.1, 0.15) is 28.9 Å². The molecule has 7 nitrogen and oxygen atoms in total. The van der Waals surface area contributed by atoms with Gasteiger partial charge in [-0.15, -0.1) is 0 Å². The van der Waals surface area contributed by atoms with Crippen LogP contribution >= 0.6 is 0 Å². The van der Waals surface area contributed by atoms with Crippen LogP contribution in [-0.4, -0.2) is 38.2 Å². The van der Waals surface area contributed by atoms with E-state index in [1.54, 1.807) is 34.5 Å². The average molecular weight is 392 g/mol. The summed E-state index contributed by atoms with van der Waals surface area (Å²) in [4.78, 5) is 19.5. The number of carbonyl (C=O) groups excluding carboxylic acids is 1. The Bertz CT molecular complexity index is 1250. The van der Waals surface area contributed by atoms with Gasteiger partial charge in [0.15, 0.2) is 11.5 Å². The molecule has 0 unspecified atom stereocenters. The van der Waals surface area contributed by atoms with Crippen molar-refractivity contribution in [3.63, 3.8) is 0 Å². The molecule has 0 atom stereocenters. The summed E-state index contributed by atoms with van der Waals surface area (Å²) in [6.07, 6.45) is 7.66. The number of pyridine rings is 1. The number of hydrogen-bond donors (Lipinski definition) is 1. The maximum atomic E-state index is 14.3. The minimum atomic E-state index is -0.483. The van der Waals surface area contributed by atoms with Crippen molar-refractivity contribution in [3.8, 4) is 0 Å². The highest BCUT2D eigenvalue weighted by molar-refractivity contribution is 6.13. The molecular weight excluding hydrogens is 371 g/mol. The van der Waals surface area contributed by atoms with Gasteiger partial charge in [-0.3, -0.25) is 9.48 Å². The van der Waals surface area contributed by atoms with Crippen LogP contribution in [0.4, 0.5) is 15.8 Å². The minimum Gasteiger partial charge on any atom is -0.371 e. The van der Waals surface area contributed by atoms with E-state index >= 15 is 0 Å². The molecule has 5 rings (SSSR count). The lowest BCUT2D eigenvalue weighted by atomic mass is 10.1. The zero-order valence-electron chi connectivity index (χ0n) is 16.3. The number of carbonyl (C=O) groups is 1. The standard InChI is InChI=1S/C21H21FN6O/c1-13-10-28-11-14(9-17(22)20(28)23-13)24-21(29)15-5-6-18(27-7-3-4-8-27)16-12-26(2)25-19(15)16/h5-6,9-12H,3-4,7-8H2,1-2H3,(H,24,29). The zero-order valence-corrected chi connectivity index (χ0v) is 16.3. The van der Waals surface area contributed by atoms with E-state index in [1.165, 1.54) is 18.9 Å². The summed E-state index contributed by atoms with van der Waals surface area (Å²) in [6.45, 7) is 3.82. The highest BCUT2D eigenvalue weighted by Gasteiger charge is 2.21. The molecule has 1 aliphatic heterocycles. The van der Waals surface area contributed by atoms with Crippen LogP contribution in [0.5, 0.6) is 0 Å². The molecule has 1 N–H and O–H groups in total.